The molecule has 0 N–H and O–H groups in total. The molecule has 0 bridgehead atoms. The van der Waals surface area contributed by atoms with Crippen LogP contribution in [0.15, 0.2) is 17.1 Å². The Morgan fingerprint density at radius 1 is 1.24 bits per heavy atom. The van der Waals surface area contributed by atoms with Gasteiger partial charge in [0.05, 0.1) is 16.3 Å². The monoisotopic (exact) mass is 359 g/mol. The number of fused-ring (bicyclic) bond motifs is 1. The highest BCUT2D eigenvalue weighted by Gasteiger charge is 2.30. The molecule has 1 aliphatic carbocycles. The van der Waals surface area contributed by atoms with E-state index in [1.807, 2.05) is 6.07 Å². The van der Waals surface area contributed by atoms with Crippen LogP contribution in [-0.4, -0.2) is 23.3 Å². The molecule has 134 valence electrons. The van der Waals surface area contributed by atoms with E-state index < -0.39 is 0 Å². The molecular weight excluding hydrogens is 334 g/mol. The Balaban J connectivity index is 1.90. The van der Waals surface area contributed by atoms with Crippen LogP contribution >= 0.6 is 11.6 Å². The van der Waals surface area contributed by atoms with Crippen LogP contribution in [0.2, 0.25) is 5.02 Å². The van der Waals surface area contributed by atoms with Crippen molar-refractivity contribution in [3.8, 4) is 0 Å². The number of carbonyl (C=O) groups is 2. The van der Waals surface area contributed by atoms with Crippen LogP contribution in [0, 0.1) is 5.92 Å². The number of halogens is 1. The van der Waals surface area contributed by atoms with Crippen LogP contribution in [0.25, 0.3) is 0 Å². The maximum absolute atomic E-state index is 12.9. The summed E-state index contributed by atoms with van der Waals surface area (Å²) in [7, 11) is 0. The predicted molar refractivity (Wildman–Crippen MR) is 102 cm³/mol. The van der Waals surface area contributed by atoms with Gasteiger partial charge in [-0.15, -0.1) is 0 Å². The molecule has 25 heavy (non-hydrogen) atoms. The van der Waals surface area contributed by atoms with E-state index in [-0.39, 0.29) is 11.5 Å². The fourth-order valence-corrected chi connectivity index (χ4v) is 4.34. The van der Waals surface area contributed by atoms with Crippen molar-refractivity contribution in [2.75, 3.05) is 0 Å². The Labute approximate surface area is 154 Å². The molecule has 1 aromatic carbocycles. The molecule has 3 nitrogen and oxygen atoms in total. The molecular formula is C21H26ClNO2. The molecule has 1 heterocycles. The first-order chi connectivity index (χ1) is 11.9. The molecule has 0 aromatic heterocycles. The molecule has 1 aliphatic heterocycles. The molecule has 2 aliphatic rings. The van der Waals surface area contributed by atoms with Crippen LogP contribution in [0.3, 0.4) is 0 Å². The van der Waals surface area contributed by atoms with E-state index in [1.165, 1.54) is 12.8 Å². The van der Waals surface area contributed by atoms with E-state index in [0.29, 0.717) is 22.8 Å². The minimum absolute atomic E-state index is 0.163. The molecule has 0 spiro atoms. The van der Waals surface area contributed by atoms with Gasteiger partial charge in [0.2, 0.25) is 0 Å². The summed E-state index contributed by atoms with van der Waals surface area (Å²) in [4.78, 5) is 29.0. The SMILES string of the molecule is CC1(C)Cc2cc(Cl)c(C=O)cc2C(CC(=O)C2CCCCCC2)=N1. The summed E-state index contributed by atoms with van der Waals surface area (Å²) >= 11 is 6.21. The highest BCUT2D eigenvalue weighted by atomic mass is 35.5. The third-order valence-electron chi connectivity index (χ3n) is 5.37. The van der Waals surface area contributed by atoms with Crippen LogP contribution in [0.5, 0.6) is 0 Å². The fraction of sp³-hybridized carbons (Fsp3) is 0.571. The zero-order valence-electron chi connectivity index (χ0n) is 15.1. The van der Waals surface area contributed by atoms with E-state index in [9.17, 15) is 9.59 Å². The minimum Gasteiger partial charge on any atom is -0.299 e. The molecule has 0 unspecified atom stereocenters. The summed E-state index contributed by atoms with van der Waals surface area (Å²) in [6.45, 7) is 4.15. The average Bonchev–Trinajstić information content (AvgIpc) is 2.82. The average molecular weight is 360 g/mol. The van der Waals surface area contributed by atoms with Crippen LogP contribution in [0.4, 0.5) is 0 Å². The lowest BCUT2D eigenvalue weighted by Gasteiger charge is -2.30. The minimum atomic E-state index is -0.252. The van der Waals surface area contributed by atoms with Crippen molar-refractivity contribution in [2.45, 2.75) is 70.8 Å². The van der Waals surface area contributed by atoms with Crippen LogP contribution in [-0.2, 0) is 11.2 Å². The third kappa shape index (κ3) is 4.20. The van der Waals surface area contributed by atoms with Gasteiger partial charge in [-0.1, -0.05) is 37.3 Å². The summed E-state index contributed by atoms with van der Waals surface area (Å²) in [5.41, 5.74) is 3.04. The standard InChI is InChI=1S/C21H26ClNO2/c1-21(2)12-15-10-18(22)16(13-24)9-17(15)19(23-21)11-20(25)14-7-5-3-4-6-8-14/h9-10,13-14H,3-8,11-12H2,1-2H3. The summed E-state index contributed by atoms with van der Waals surface area (Å²) in [5.74, 6) is 0.462. The molecule has 1 saturated carbocycles. The molecule has 3 rings (SSSR count). The van der Waals surface area contributed by atoms with Crippen LogP contribution in [0.1, 0.15) is 80.3 Å². The van der Waals surface area contributed by atoms with Crippen molar-refractivity contribution < 1.29 is 9.59 Å². The number of carbonyl (C=O) groups excluding carboxylic acids is 2. The zero-order chi connectivity index (χ0) is 18.0. The van der Waals surface area contributed by atoms with Crippen molar-refractivity contribution in [3.63, 3.8) is 0 Å². The topological polar surface area (TPSA) is 46.5 Å². The Kier molecular flexibility index (Phi) is 5.43. The highest BCUT2D eigenvalue weighted by molar-refractivity contribution is 6.33. The maximum atomic E-state index is 12.9. The van der Waals surface area contributed by atoms with Gasteiger partial charge in [0.15, 0.2) is 6.29 Å². The van der Waals surface area contributed by atoms with Gasteiger partial charge in [-0.2, -0.15) is 0 Å². The number of ketones is 1. The predicted octanol–water partition coefficient (Wildman–Crippen LogP) is 5.21. The molecule has 1 fully saturated rings. The van der Waals surface area contributed by atoms with Crippen molar-refractivity contribution in [1.29, 1.82) is 0 Å². The molecule has 0 saturated heterocycles. The summed E-state index contributed by atoms with van der Waals surface area (Å²) in [6, 6.07) is 3.67. The lowest BCUT2D eigenvalue weighted by molar-refractivity contribution is -0.122. The number of Topliss-reactive ketones (excluding diaryl/α,β-unsaturated/α-hetero) is 1. The zero-order valence-corrected chi connectivity index (χ0v) is 15.9. The van der Waals surface area contributed by atoms with E-state index >= 15 is 0 Å². The van der Waals surface area contributed by atoms with Crippen LogP contribution < -0.4 is 0 Å². The maximum Gasteiger partial charge on any atom is 0.151 e. The van der Waals surface area contributed by atoms with Crippen molar-refractivity contribution in [1.82, 2.24) is 0 Å². The third-order valence-corrected chi connectivity index (χ3v) is 5.70. The Morgan fingerprint density at radius 3 is 2.56 bits per heavy atom. The summed E-state index contributed by atoms with van der Waals surface area (Å²) < 4.78 is 0. The van der Waals surface area contributed by atoms with E-state index in [2.05, 4.69) is 13.8 Å². The fourth-order valence-electron chi connectivity index (χ4n) is 4.11. The number of nitrogens with zero attached hydrogens (tertiary/aromatic N) is 1. The first-order valence-electron chi connectivity index (χ1n) is 9.29. The van der Waals surface area contributed by atoms with Gasteiger partial charge in [0, 0.05) is 23.5 Å². The van der Waals surface area contributed by atoms with Gasteiger partial charge in [-0.25, -0.2) is 0 Å². The van der Waals surface area contributed by atoms with Gasteiger partial charge < -0.3 is 0 Å². The number of benzene rings is 1. The molecule has 0 amide bonds. The second kappa shape index (κ2) is 7.41. The number of rotatable bonds is 4. The number of aliphatic imine (C=N–C) groups is 1. The lowest BCUT2D eigenvalue weighted by Crippen LogP contribution is -2.31. The second-order valence-electron chi connectivity index (χ2n) is 8.03. The van der Waals surface area contributed by atoms with Crippen molar-refractivity contribution in [2.24, 2.45) is 10.9 Å². The molecule has 1 aromatic rings. The van der Waals surface area contributed by atoms with Gasteiger partial charge in [0.1, 0.15) is 5.78 Å². The Hall–Kier alpha value is -1.48. The molecule has 4 heteroatoms. The number of aldehydes is 1. The summed E-state index contributed by atoms with van der Waals surface area (Å²) in [5, 5.41) is 0.473. The largest absolute Gasteiger partial charge is 0.299 e. The lowest BCUT2D eigenvalue weighted by atomic mass is 9.83. The van der Waals surface area contributed by atoms with Gasteiger partial charge >= 0.3 is 0 Å². The molecule has 0 atom stereocenters. The van der Waals surface area contributed by atoms with E-state index in [0.717, 1.165) is 55.2 Å². The second-order valence-corrected chi connectivity index (χ2v) is 8.44. The number of hydrogen-bond acceptors (Lipinski definition) is 3. The van der Waals surface area contributed by atoms with E-state index in [1.54, 1.807) is 6.07 Å². The van der Waals surface area contributed by atoms with E-state index in [4.69, 9.17) is 16.6 Å². The number of hydrogen-bond donors (Lipinski definition) is 0. The smallest absolute Gasteiger partial charge is 0.151 e. The van der Waals surface area contributed by atoms with Gasteiger partial charge in [-0.05, 0) is 50.8 Å². The molecule has 0 radical (unpaired) electrons. The first kappa shape index (κ1) is 18.3. The normalized spacial score (nSPS) is 20.4. The first-order valence-corrected chi connectivity index (χ1v) is 9.67. The van der Waals surface area contributed by atoms with Crippen molar-refractivity contribution >= 4 is 29.4 Å². The Bertz CT molecular complexity index is 713. The highest BCUT2D eigenvalue weighted by Crippen LogP contribution is 2.33. The summed E-state index contributed by atoms with van der Waals surface area (Å²) in [6.07, 6.45) is 8.68. The quantitative estimate of drug-likeness (QED) is 0.547. The van der Waals surface area contributed by atoms with Gasteiger partial charge in [-0.3, -0.25) is 14.6 Å². The van der Waals surface area contributed by atoms with Gasteiger partial charge in [0.25, 0.3) is 0 Å². The van der Waals surface area contributed by atoms with Crippen molar-refractivity contribution in [3.05, 3.63) is 33.8 Å². The Morgan fingerprint density at radius 2 is 1.92 bits per heavy atom.